The summed E-state index contributed by atoms with van der Waals surface area (Å²) in [5, 5.41) is 9.06. The summed E-state index contributed by atoms with van der Waals surface area (Å²) < 4.78 is 21.4. The van der Waals surface area contributed by atoms with Crippen LogP contribution in [0.3, 0.4) is 0 Å². The Morgan fingerprint density at radius 2 is 1.55 bits per heavy atom. The number of hydrogen-bond acceptors (Lipinski definition) is 6. The van der Waals surface area contributed by atoms with E-state index in [1.165, 1.54) is 0 Å². The zero-order chi connectivity index (χ0) is 21.9. The predicted molar refractivity (Wildman–Crippen MR) is 113 cm³/mol. The van der Waals surface area contributed by atoms with Crippen molar-refractivity contribution >= 4 is 12.1 Å². The van der Waals surface area contributed by atoms with Gasteiger partial charge in [0.1, 0.15) is 5.60 Å². The minimum atomic E-state index is -0.514. The number of nitrogens with zero attached hydrogens (tertiary/aromatic N) is 1. The number of carbonyl (C=O) groups excluding carboxylic acids is 1. The van der Waals surface area contributed by atoms with Crippen LogP contribution < -0.4 is 30.2 Å². The van der Waals surface area contributed by atoms with E-state index in [4.69, 9.17) is 18.9 Å². The average molecular weight is 411 g/mol. The van der Waals surface area contributed by atoms with Crippen LogP contribution in [0.1, 0.15) is 26.3 Å². The van der Waals surface area contributed by atoms with Crippen LogP contribution in [0.25, 0.3) is 0 Å². The lowest BCUT2D eigenvalue weighted by atomic mass is 10.1. The Labute approximate surface area is 173 Å². The number of carbonyl (C=O) groups is 1. The molecule has 0 unspecified atom stereocenters. The SMILES string of the molecule is CN=C(NCCNC(=O)OC(C)(C)C)NCCc1ccc(OC)c(OC)c1OC. The van der Waals surface area contributed by atoms with E-state index in [0.29, 0.717) is 49.3 Å². The molecule has 1 aromatic carbocycles. The largest absolute Gasteiger partial charge is 0.493 e. The number of rotatable bonds is 9. The molecule has 0 radical (unpaired) electrons. The molecule has 3 N–H and O–H groups in total. The van der Waals surface area contributed by atoms with E-state index in [1.807, 2.05) is 32.9 Å². The number of benzene rings is 1. The summed E-state index contributed by atoms with van der Waals surface area (Å²) in [4.78, 5) is 15.8. The fourth-order valence-electron chi connectivity index (χ4n) is 2.56. The van der Waals surface area contributed by atoms with Gasteiger partial charge < -0.3 is 34.9 Å². The van der Waals surface area contributed by atoms with Crippen LogP contribution in [0.4, 0.5) is 4.79 Å². The predicted octanol–water partition coefficient (Wildman–Crippen LogP) is 1.94. The van der Waals surface area contributed by atoms with Gasteiger partial charge in [-0.25, -0.2) is 4.79 Å². The fourth-order valence-corrected chi connectivity index (χ4v) is 2.56. The van der Waals surface area contributed by atoms with Gasteiger partial charge in [0.25, 0.3) is 0 Å². The van der Waals surface area contributed by atoms with Crippen molar-refractivity contribution in [2.24, 2.45) is 4.99 Å². The number of guanidine groups is 1. The van der Waals surface area contributed by atoms with Gasteiger partial charge in [-0.15, -0.1) is 0 Å². The van der Waals surface area contributed by atoms with Crippen molar-refractivity contribution in [1.82, 2.24) is 16.0 Å². The van der Waals surface area contributed by atoms with E-state index in [1.54, 1.807) is 28.4 Å². The van der Waals surface area contributed by atoms with Gasteiger partial charge >= 0.3 is 6.09 Å². The van der Waals surface area contributed by atoms with Crippen molar-refractivity contribution in [3.63, 3.8) is 0 Å². The van der Waals surface area contributed by atoms with Gasteiger partial charge in [-0.3, -0.25) is 4.99 Å². The molecular formula is C20H34N4O5. The summed E-state index contributed by atoms with van der Waals surface area (Å²) in [5.74, 6) is 2.48. The van der Waals surface area contributed by atoms with Crippen LogP contribution in [0.5, 0.6) is 17.2 Å². The maximum absolute atomic E-state index is 11.6. The van der Waals surface area contributed by atoms with Crippen LogP contribution in [-0.2, 0) is 11.2 Å². The van der Waals surface area contributed by atoms with Crippen LogP contribution in [0, 0.1) is 0 Å². The van der Waals surface area contributed by atoms with E-state index < -0.39 is 11.7 Å². The first-order chi connectivity index (χ1) is 13.8. The average Bonchev–Trinajstić information content (AvgIpc) is 2.67. The highest BCUT2D eigenvalue weighted by atomic mass is 16.6. The highest BCUT2D eigenvalue weighted by Gasteiger charge is 2.16. The number of ether oxygens (including phenoxy) is 4. The second-order valence-electron chi connectivity index (χ2n) is 7.10. The van der Waals surface area contributed by atoms with Crippen LogP contribution in [0.2, 0.25) is 0 Å². The second kappa shape index (κ2) is 11.9. The summed E-state index contributed by atoms with van der Waals surface area (Å²) >= 11 is 0. The molecule has 0 aliphatic heterocycles. The highest BCUT2D eigenvalue weighted by Crippen LogP contribution is 2.39. The Bertz CT molecular complexity index is 686. The van der Waals surface area contributed by atoms with Crippen molar-refractivity contribution in [3.05, 3.63) is 17.7 Å². The molecule has 9 heteroatoms. The van der Waals surface area contributed by atoms with Gasteiger partial charge in [0.05, 0.1) is 21.3 Å². The molecule has 1 aromatic rings. The van der Waals surface area contributed by atoms with Crippen LogP contribution in [-0.4, -0.2) is 65.7 Å². The standard InChI is InChI=1S/C20H34N4O5/c1-20(2,3)29-19(25)24-13-12-23-18(21-4)22-11-10-14-8-9-15(26-5)17(28-7)16(14)27-6/h8-9H,10-13H2,1-7H3,(H,24,25)(H2,21,22,23). The van der Waals surface area contributed by atoms with E-state index in [2.05, 4.69) is 20.9 Å². The molecule has 0 bridgehead atoms. The number of methoxy groups -OCH3 is 3. The van der Waals surface area contributed by atoms with Crippen molar-refractivity contribution in [2.75, 3.05) is 48.0 Å². The Morgan fingerprint density at radius 3 is 2.10 bits per heavy atom. The molecule has 0 saturated heterocycles. The third-order valence-electron chi connectivity index (χ3n) is 3.78. The van der Waals surface area contributed by atoms with E-state index in [-0.39, 0.29) is 0 Å². The van der Waals surface area contributed by atoms with Crippen molar-refractivity contribution in [3.8, 4) is 17.2 Å². The van der Waals surface area contributed by atoms with E-state index >= 15 is 0 Å². The molecule has 1 amide bonds. The lowest BCUT2D eigenvalue weighted by Gasteiger charge is -2.20. The summed E-state index contributed by atoms with van der Waals surface area (Å²) in [5.41, 5.74) is 0.472. The van der Waals surface area contributed by atoms with Gasteiger partial charge in [-0.1, -0.05) is 6.07 Å². The molecule has 0 aliphatic rings. The third kappa shape index (κ3) is 8.37. The highest BCUT2D eigenvalue weighted by molar-refractivity contribution is 5.79. The Kier molecular flexibility index (Phi) is 9.91. The molecule has 0 aromatic heterocycles. The van der Waals surface area contributed by atoms with Crippen molar-refractivity contribution in [1.29, 1.82) is 0 Å². The van der Waals surface area contributed by atoms with Gasteiger partial charge in [-0.05, 0) is 33.3 Å². The fraction of sp³-hybridized carbons (Fsp3) is 0.600. The summed E-state index contributed by atoms with van der Waals surface area (Å²) in [6, 6.07) is 3.80. The molecular weight excluding hydrogens is 376 g/mol. The van der Waals surface area contributed by atoms with Gasteiger partial charge in [0.15, 0.2) is 17.5 Å². The van der Waals surface area contributed by atoms with Gasteiger partial charge in [0.2, 0.25) is 5.75 Å². The molecule has 9 nitrogen and oxygen atoms in total. The molecule has 29 heavy (non-hydrogen) atoms. The van der Waals surface area contributed by atoms with Crippen molar-refractivity contribution in [2.45, 2.75) is 32.8 Å². The number of aliphatic imine (C=N–C) groups is 1. The number of nitrogens with one attached hydrogen (secondary N) is 3. The van der Waals surface area contributed by atoms with Crippen LogP contribution >= 0.6 is 0 Å². The monoisotopic (exact) mass is 410 g/mol. The molecule has 0 atom stereocenters. The normalized spacial score (nSPS) is 11.5. The summed E-state index contributed by atoms with van der Waals surface area (Å²) in [7, 11) is 6.46. The first-order valence-electron chi connectivity index (χ1n) is 9.45. The lowest BCUT2D eigenvalue weighted by Crippen LogP contribution is -2.43. The van der Waals surface area contributed by atoms with Crippen molar-refractivity contribution < 1.29 is 23.7 Å². The first-order valence-corrected chi connectivity index (χ1v) is 9.45. The Balaban J connectivity index is 2.47. The maximum Gasteiger partial charge on any atom is 0.407 e. The number of amides is 1. The van der Waals surface area contributed by atoms with Crippen LogP contribution in [0.15, 0.2) is 17.1 Å². The molecule has 0 fully saturated rings. The zero-order valence-electron chi connectivity index (χ0n) is 18.5. The van der Waals surface area contributed by atoms with Gasteiger partial charge in [0, 0.05) is 32.2 Å². The second-order valence-corrected chi connectivity index (χ2v) is 7.10. The Hall–Kier alpha value is -2.84. The summed E-state index contributed by atoms with van der Waals surface area (Å²) in [6.45, 7) is 7.03. The lowest BCUT2D eigenvalue weighted by molar-refractivity contribution is 0.0529. The first kappa shape index (κ1) is 24.2. The number of alkyl carbamates (subject to hydrolysis) is 1. The molecule has 0 heterocycles. The minimum absolute atomic E-state index is 0.416. The molecule has 164 valence electrons. The zero-order valence-corrected chi connectivity index (χ0v) is 18.5. The summed E-state index contributed by atoms with van der Waals surface area (Å²) in [6.07, 6.45) is 0.253. The molecule has 0 aliphatic carbocycles. The smallest absolute Gasteiger partial charge is 0.407 e. The molecule has 0 spiro atoms. The molecule has 0 saturated carbocycles. The van der Waals surface area contributed by atoms with Gasteiger partial charge in [-0.2, -0.15) is 0 Å². The Morgan fingerprint density at radius 1 is 0.931 bits per heavy atom. The third-order valence-corrected chi connectivity index (χ3v) is 3.78. The van der Waals surface area contributed by atoms with E-state index in [9.17, 15) is 4.79 Å². The van der Waals surface area contributed by atoms with E-state index in [0.717, 1.165) is 5.56 Å². The maximum atomic E-state index is 11.6. The number of hydrogen-bond donors (Lipinski definition) is 3. The minimum Gasteiger partial charge on any atom is -0.493 e. The molecule has 1 rings (SSSR count). The topological polar surface area (TPSA) is 102 Å². The quantitative estimate of drug-likeness (QED) is 0.325.